The first-order chi connectivity index (χ1) is 6.13. The zero-order valence-electron chi connectivity index (χ0n) is 8.45. The molecule has 1 saturated carbocycles. The van der Waals surface area contributed by atoms with Gasteiger partial charge in [-0.15, -0.1) is 0 Å². The lowest BCUT2D eigenvalue weighted by Gasteiger charge is -2.31. The van der Waals surface area contributed by atoms with Crippen LogP contribution >= 0.6 is 0 Å². The Morgan fingerprint density at radius 2 is 2.15 bits per heavy atom. The molecule has 0 amide bonds. The molecule has 13 heavy (non-hydrogen) atoms. The van der Waals surface area contributed by atoms with Crippen LogP contribution in [0.5, 0.6) is 0 Å². The van der Waals surface area contributed by atoms with Crippen molar-refractivity contribution in [2.45, 2.75) is 39.2 Å². The molecule has 2 heteroatoms. The van der Waals surface area contributed by atoms with Crippen LogP contribution < -0.4 is 0 Å². The number of carbonyl (C=O) groups excluding carboxylic acids is 1. The van der Waals surface area contributed by atoms with Gasteiger partial charge in [0.05, 0.1) is 0 Å². The van der Waals surface area contributed by atoms with Crippen molar-refractivity contribution in [2.75, 3.05) is 0 Å². The molecule has 1 fully saturated rings. The normalized spacial score (nSPS) is 33.8. The van der Waals surface area contributed by atoms with E-state index in [0.29, 0.717) is 11.8 Å². The maximum atomic E-state index is 11.0. The van der Waals surface area contributed by atoms with Gasteiger partial charge in [-0.3, -0.25) is 0 Å². The molecule has 0 spiro atoms. The fourth-order valence-electron chi connectivity index (χ4n) is 1.84. The summed E-state index contributed by atoms with van der Waals surface area (Å²) in [5.41, 5.74) is 0. The van der Waals surface area contributed by atoms with Gasteiger partial charge < -0.3 is 4.74 Å². The number of esters is 1. The molecule has 3 unspecified atom stereocenters. The van der Waals surface area contributed by atoms with Crippen molar-refractivity contribution in [1.82, 2.24) is 0 Å². The molecule has 0 heterocycles. The van der Waals surface area contributed by atoms with E-state index in [0.717, 1.165) is 12.8 Å². The quantitative estimate of drug-likeness (QED) is 0.484. The topological polar surface area (TPSA) is 26.3 Å². The highest BCUT2D eigenvalue weighted by Crippen LogP contribution is 2.30. The number of hydrogen-bond acceptors (Lipinski definition) is 2. The standard InChI is InChI=1S/C11H18O2/c1-4-11(12)13-10-7-8(2)5-6-9(10)3/h4,8-10H,1,5-7H2,2-3H3. The van der Waals surface area contributed by atoms with Gasteiger partial charge in [0.2, 0.25) is 0 Å². The Morgan fingerprint density at radius 3 is 2.77 bits per heavy atom. The molecule has 1 aliphatic rings. The van der Waals surface area contributed by atoms with Gasteiger partial charge in [0.15, 0.2) is 0 Å². The lowest BCUT2D eigenvalue weighted by atomic mass is 9.82. The first kappa shape index (κ1) is 10.3. The summed E-state index contributed by atoms with van der Waals surface area (Å²) >= 11 is 0. The third kappa shape index (κ3) is 2.87. The molecule has 74 valence electrons. The summed E-state index contributed by atoms with van der Waals surface area (Å²) in [6.45, 7) is 7.75. The Morgan fingerprint density at radius 1 is 1.46 bits per heavy atom. The Labute approximate surface area is 80.0 Å². The maximum absolute atomic E-state index is 11.0. The maximum Gasteiger partial charge on any atom is 0.330 e. The highest BCUT2D eigenvalue weighted by Gasteiger charge is 2.27. The van der Waals surface area contributed by atoms with Crippen LogP contribution in [0.1, 0.15) is 33.1 Å². The van der Waals surface area contributed by atoms with Gasteiger partial charge in [-0.05, 0) is 24.7 Å². The van der Waals surface area contributed by atoms with Gasteiger partial charge in [-0.2, -0.15) is 0 Å². The first-order valence-electron chi connectivity index (χ1n) is 4.96. The van der Waals surface area contributed by atoms with E-state index >= 15 is 0 Å². The third-order valence-electron chi connectivity index (χ3n) is 2.82. The summed E-state index contributed by atoms with van der Waals surface area (Å²) < 4.78 is 5.27. The number of rotatable bonds is 2. The van der Waals surface area contributed by atoms with Crippen LogP contribution in [0.25, 0.3) is 0 Å². The number of ether oxygens (including phenoxy) is 1. The van der Waals surface area contributed by atoms with Gasteiger partial charge >= 0.3 is 5.97 Å². The van der Waals surface area contributed by atoms with Crippen molar-refractivity contribution in [1.29, 1.82) is 0 Å². The summed E-state index contributed by atoms with van der Waals surface area (Å²) in [5.74, 6) is 0.893. The minimum Gasteiger partial charge on any atom is -0.459 e. The summed E-state index contributed by atoms with van der Waals surface area (Å²) in [4.78, 5) is 11.0. The van der Waals surface area contributed by atoms with Crippen LogP contribution in [0.15, 0.2) is 12.7 Å². The second-order valence-electron chi connectivity index (χ2n) is 4.07. The van der Waals surface area contributed by atoms with E-state index in [-0.39, 0.29) is 12.1 Å². The van der Waals surface area contributed by atoms with Crippen LogP contribution in [-0.4, -0.2) is 12.1 Å². The molecule has 0 N–H and O–H groups in total. The van der Waals surface area contributed by atoms with Gasteiger partial charge in [0.1, 0.15) is 6.10 Å². The van der Waals surface area contributed by atoms with Gasteiger partial charge in [0, 0.05) is 6.08 Å². The summed E-state index contributed by atoms with van der Waals surface area (Å²) in [5, 5.41) is 0. The fraction of sp³-hybridized carbons (Fsp3) is 0.727. The lowest BCUT2D eigenvalue weighted by molar-refractivity contribution is -0.147. The molecule has 1 aliphatic carbocycles. The molecular formula is C11H18O2. The molecule has 1 rings (SSSR count). The molecular weight excluding hydrogens is 164 g/mol. The van der Waals surface area contributed by atoms with Crippen LogP contribution in [0, 0.1) is 11.8 Å². The van der Waals surface area contributed by atoms with E-state index < -0.39 is 0 Å². The van der Waals surface area contributed by atoms with Crippen LogP contribution in [0.3, 0.4) is 0 Å². The van der Waals surface area contributed by atoms with Crippen molar-refractivity contribution in [2.24, 2.45) is 11.8 Å². The Bertz CT molecular complexity index is 198. The monoisotopic (exact) mass is 182 g/mol. The second kappa shape index (κ2) is 4.45. The van der Waals surface area contributed by atoms with Gasteiger partial charge in [-0.25, -0.2) is 4.79 Å². The molecule has 0 bridgehead atoms. The van der Waals surface area contributed by atoms with Crippen molar-refractivity contribution >= 4 is 5.97 Å². The SMILES string of the molecule is C=CC(=O)OC1CC(C)CCC1C. The third-order valence-corrected chi connectivity index (χ3v) is 2.82. The zero-order chi connectivity index (χ0) is 9.84. The number of carbonyl (C=O) groups is 1. The average Bonchev–Trinajstić information content (AvgIpc) is 2.11. The Kier molecular flexibility index (Phi) is 3.52. The molecule has 0 radical (unpaired) electrons. The van der Waals surface area contributed by atoms with E-state index in [1.165, 1.54) is 12.5 Å². The van der Waals surface area contributed by atoms with E-state index in [1.54, 1.807) is 0 Å². The van der Waals surface area contributed by atoms with Gasteiger partial charge in [-0.1, -0.05) is 26.8 Å². The Balaban J connectivity index is 2.46. The van der Waals surface area contributed by atoms with Crippen LogP contribution in [0.4, 0.5) is 0 Å². The highest BCUT2D eigenvalue weighted by molar-refractivity contribution is 5.81. The highest BCUT2D eigenvalue weighted by atomic mass is 16.5. The van der Waals surface area contributed by atoms with Crippen molar-refractivity contribution in [3.8, 4) is 0 Å². The van der Waals surface area contributed by atoms with Gasteiger partial charge in [0.25, 0.3) is 0 Å². The molecule has 3 atom stereocenters. The summed E-state index contributed by atoms with van der Waals surface area (Å²) in [6, 6.07) is 0. The Hall–Kier alpha value is -0.790. The average molecular weight is 182 g/mol. The predicted molar refractivity (Wildman–Crippen MR) is 52.3 cm³/mol. The molecule has 0 aromatic carbocycles. The minimum absolute atomic E-state index is 0.106. The molecule has 0 aromatic heterocycles. The van der Waals surface area contributed by atoms with E-state index in [9.17, 15) is 4.79 Å². The smallest absolute Gasteiger partial charge is 0.330 e. The summed E-state index contributed by atoms with van der Waals surface area (Å²) in [6.07, 6.45) is 4.76. The molecule has 0 saturated heterocycles. The first-order valence-corrected chi connectivity index (χ1v) is 4.96. The largest absolute Gasteiger partial charge is 0.459 e. The summed E-state index contributed by atoms with van der Waals surface area (Å²) in [7, 11) is 0. The fourth-order valence-corrected chi connectivity index (χ4v) is 1.84. The predicted octanol–water partition coefficient (Wildman–Crippen LogP) is 2.54. The van der Waals surface area contributed by atoms with E-state index in [2.05, 4.69) is 20.4 Å². The zero-order valence-corrected chi connectivity index (χ0v) is 8.45. The van der Waals surface area contributed by atoms with Crippen molar-refractivity contribution in [3.63, 3.8) is 0 Å². The lowest BCUT2D eigenvalue weighted by Crippen LogP contribution is -2.30. The van der Waals surface area contributed by atoms with Crippen LogP contribution in [0.2, 0.25) is 0 Å². The second-order valence-corrected chi connectivity index (χ2v) is 4.07. The van der Waals surface area contributed by atoms with Crippen LogP contribution in [-0.2, 0) is 9.53 Å². The van der Waals surface area contributed by atoms with E-state index in [4.69, 9.17) is 4.74 Å². The molecule has 0 aromatic rings. The number of hydrogen-bond donors (Lipinski definition) is 0. The molecule has 2 nitrogen and oxygen atoms in total. The van der Waals surface area contributed by atoms with E-state index in [1.807, 2.05) is 0 Å². The minimum atomic E-state index is -0.286. The molecule has 0 aliphatic heterocycles. The van der Waals surface area contributed by atoms with Crippen molar-refractivity contribution in [3.05, 3.63) is 12.7 Å². The van der Waals surface area contributed by atoms with Crippen molar-refractivity contribution < 1.29 is 9.53 Å².